The lowest BCUT2D eigenvalue weighted by atomic mass is 9.96. The minimum atomic E-state index is -0.0748. The Morgan fingerprint density at radius 3 is 3.11 bits per heavy atom. The van der Waals surface area contributed by atoms with E-state index in [0.717, 1.165) is 42.8 Å². The zero-order valence-corrected chi connectivity index (χ0v) is 11.1. The van der Waals surface area contributed by atoms with Gasteiger partial charge in [-0.05, 0) is 31.4 Å². The SMILES string of the molecule is CON1CCCCc2c(ccc3c2OCCN3)C1=O. The Morgan fingerprint density at radius 1 is 1.37 bits per heavy atom. The summed E-state index contributed by atoms with van der Waals surface area (Å²) in [4.78, 5) is 17.6. The molecular weight excluding hydrogens is 244 g/mol. The number of nitrogens with one attached hydrogen (secondary N) is 1. The lowest BCUT2D eigenvalue weighted by Gasteiger charge is -2.27. The maximum atomic E-state index is 12.4. The molecule has 0 aliphatic carbocycles. The summed E-state index contributed by atoms with van der Waals surface area (Å²) >= 11 is 0. The Hall–Kier alpha value is -1.75. The van der Waals surface area contributed by atoms with Crippen LogP contribution in [0.1, 0.15) is 28.8 Å². The van der Waals surface area contributed by atoms with Crippen molar-refractivity contribution < 1.29 is 14.4 Å². The van der Waals surface area contributed by atoms with Gasteiger partial charge in [-0.2, -0.15) is 0 Å². The number of hydrogen-bond donors (Lipinski definition) is 1. The summed E-state index contributed by atoms with van der Waals surface area (Å²) in [5.41, 5.74) is 2.70. The average molecular weight is 262 g/mol. The van der Waals surface area contributed by atoms with Crippen LogP contribution in [0.15, 0.2) is 12.1 Å². The molecule has 1 aromatic rings. The quantitative estimate of drug-likeness (QED) is 0.839. The molecule has 0 atom stereocenters. The van der Waals surface area contributed by atoms with Crippen LogP contribution in [0.3, 0.4) is 0 Å². The number of rotatable bonds is 1. The van der Waals surface area contributed by atoms with Gasteiger partial charge in [-0.15, -0.1) is 0 Å². The van der Waals surface area contributed by atoms with E-state index in [0.29, 0.717) is 18.7 Å². The lowest BCUT2D eigenvalue weighted by Crippen LogP contribution is -2.33. The van der Waals surface area contributed by atoms with Crippen LogP contribution in [0.2, 0.25) is 0 Å². The van der Waals surface area contributed by atoms with Gasteiger partial charge in [-0.25, -0.2) is 5.06 Å². The van der Waals surface area contributed by atoms with Gasteiger partial charge in [0.25, 0.3) is 5.91 Å². The predicted molar refractivity (Wildman–Crippen MR) is 71.4 cm³/mol. The van der Waals surface area contributed by atoms with E-state index in [-0.39, 0.29) is 5.91 Å². The summed E-state index contributed by atoms with van der Waals surface area (Å²) in [5, 5.41) is 4.74. The predicted octanol–water partition coefficient (Wildman–Crippen LogP) is 1.83. The summed E-state index contributed by atoms with van der Waals surface area (Å²) in [6.07, 6.45) is 2.85. The first-order chi connectivity index (χ1) is 9.31. The number of fused-ring (bicyclic) bond motifs is 3. The number of anilines is 1. The second-order valence-electron chi connectivity index (χ2n) is 4.79. The van der Waals surface area contributed by atoms with E-state index in [4.69, 9.17) is 9.57 Å². The number of hydrogen-bond acceptors (Lipinski definition) is 4. The van der Waals surface area contributed by atoms with E-state index in [1.54, 1.807) is 0 Å². The van der Waals surface area contributed by atoms with Crippen molar-refractivity contribution in [2.75, 3.05) is 32.1 Å². The maximum Gasteiger partial charge on any atom is 0.277 e. The number of nitrogens with zero attached hydrogens (tertiary/aromatic N) is 1. The van der Waals surface area contributed by atoms with Crippen molar-refractivity contribution in [3.63, 3.8) is 0 Å². The van der Waals surface area contributed by atoms with Crippen molar-refractivity contribution in [3.05, 3.63) is 23.3 Å². The summed E-state index contributed by atoms with van der Waals surface area (Å²) in [6, 6.07) is 3.79. The molecule has 19 heavy (non-hydrogen) atoms. The van der Waals surface area contributed by atoms with Crippen LogP contribution in [-0.2, 0) is 11.3 Å². The maximum absolute atomic E-state index is 12.4. The molecule has 5 heteroatoms. The highest BCUT2D eigenvalue weighted by Crippen LogP contribution is 2.36. The van der Waals surface area contributed by atoms with Gasteiger partial charge < -0.3 is 10.1 Å². The van der Waals surface area contributed by atoms with Gasteiger partial charge in [0.15, 0.2) is 0 Å². The summed E-state index contributed by atoms with van der Waals surface area (Å²) in [7, 11) is 1.54. The van der Waals surface area contributed by atoms with Crippen LogP contribution in [0, 0.1) is 0 Å². The lowest BCUT2D eigenvalue weighted by molar-refractivity contribution is -0.0962. The van der Waals surface area contributed by atoms with Gasteiger partial charge in [0, 0.05) is 24.2 Å². The fraction of sp³-hybridized carbons (Fsp3) is 0.500. The first kappa shape index (κ1) is 12.3. The summed E-state index contributed by atoms with van der Waals surface area (Å²) in [6.45, 7) is 2.10. The molecule has 2 aliphatic rings. The minimum Gasteiger partial charge on any atom is -0.489 e. The Morgan fingerprint density at radius 2 is 2.26 bits per heavy atom. The number of carbonyl (C=O) groups is 1. The van der Waals surface area contributed by atoms with Crippen LogP contribution >= 0.6 is 0 Å². The number of ether oxygens (including phenoxy) is 1. The van der Waals surface area contributed by atoms with Crippen LogP contribution in [0.4, 0.5) is 5.69 Å². The third-order valence-electron chi connectivity index (χ3n) is 3.64. The largest absolute Gasteiger partial charge is 0.489 e. The minimum absolute atomic E-state index is 0.0748. The molecule has 0 aromatic heterocycles. The zero-order valence-electron chi connectivity index (χ0n) is 11.1. The van der Waals surface area contributed by atoms with E-state index in [1.807, 2.05) is 12.1 Å². The second kappa shape index (κ2) is 5.09. The Balaban J connectivity index is 2.07. The second-order valence-corrected chi connectivity index (χ2v) is 4.79. The first-order valence-electron chi connectivity index (χ1n) is 6.70. The van der Waals surface area contributed by atoms with E-state index in [9.17, 15) is 4.79 Å². The topological polar surface area (TPSA) is 50.8 Å². The van der Waals surface area contributed by atoms with E-state index < -0.39 is 0 Å². The molecule has 1 amide bonds. The van der Waals surface area contributed by atoms with Gasteiger partial charge in [0.05, 0.1) is 12.8 Å². The standard InChI is InChI=1S/C14H18N2O3/c1-18-16-8-3-2-4-10-11(14(16)17)5-6-12-13(10)19-9-7-15-12/h5-6,15H,2-4,7-9H2,1H3. The molecule has 0 saturated carbocycles. The molecule has 1 N–H and O–H groups in total. The summed E-state index contributed by atoms with van der Waals surface area (Å²) in [5.74, 6) is 0.768. The Kier molecular flexibility index (Phi) is 3.29. The third-order valence-corrected chi connectivity index (χ3v) is 3.64. The van der Waals surface area contributed by atoms with Crippen molar-refractivity contribution in [2.45, 2.75) is 19.3 Å². The van der Waals surface area contributed by atoms with E-state index in [1.165, 1.54) is 12.2 Å². The van der Waals surface area contributed by atoms with Crippen LogP contribution in [-0.4, -0.2) is 37.8 Å². The van der Waals surface area contributed by atoms with E-state index in [2.05, 4.69) is 5.32 Å². The highest BCUT2D eigenvalue weighted by molar-refractivity contribution is 5.97. The van der Waals surface area contributed by atoms with Crippen LogP contribution < -0.4 is 10.1 Å². The highest BCUT2D eigenvalue weighted by atomic mass is 16.7. The normalized spacial score (nSPS) is 18.6. The van der Waals surface area contributed by atoms with Crippen molar-refractivity contribution in [1.29, 1.82) is 0 Å². The van der Waals surface area contributed by atoms with Gasteiger partial charge >= 0.3 is 0 Å². The Bertz CT molecular complexity index is 502. The fourth-order valence-corrected chi connectivity index (χ4v) is 2.69. The van der Waals surface area contributed by atoms with E-state index >= 15 is 0 Å². The smallest absolute Gasteiger partial charge is 0.277 e. The number of hydroxylamine groups is 2. The monoisotopic (exact) mass is 262 g/mol. The van der Waals surface area contributed by atoms with Gasteiger partial charge in [-0.3, -0.25) is 9.63 Å². The molecule has 0 saturated heterocycles. The number of benzene rings is 1. The molecule has 3 rings (SSSR count). The molecule has 0 unspecified atom stereocenters. The fourth-order valence-electron chi connectivity index (χ4n) is 2.69. The third kappa shape index (κ3) is 2.14. The van der Waals surface area contributed by atoms with Crippen molar-refractivity contribution >= 4 is 11.6 Å². The van der Waals surface area contributed by atoms with Crippen molar-refractivity contribution in [1.82, 2.24) is 5.06 Å². The molecule has 0 spiro atoms. The molecular formula is C14H18N2O3. The number of carbonyl (C=O) groups excluding carboxylic acids is 1. The van der Waals surface area contributed by atoms with Crippen molar-refractivity contribution in [3.8, 4) is 5.75 Å². The van der Waals surface area contributed by atoms with Gasteiger partial charge in [0.2, 0.25) is 0 Å². The number of amides is 1. The van der Waals surface area contributed by atoms with Gasteiger partial charge in [-0.1, -0.05) is 0 Å². The molecule has 1 aromatic carbocycles. The molecule has 2 aliphatic heterocycles. The zero-order chi connectivity index (χ0) is 13.2. The van der Waals surface area contributed by atoms with Gasteiger partial charge in [0.1, 0.15) is 12.4 Å². The molecule has 0 bridgehead atoms. The average Bonchev–Trinajstić information content (AvgIpc) is 2.44. The molecule has 0 radical (unpaired) electrons. The summed E-state index contributed by atoms with van der Waals surface area (Å²) < 4.78 is 5.76. The molecule has 0 fully saturated rings. The molecule has 5 nitrogen and oxygen atoms in total. The molecule has 2 heterocycles. The van der Waals surface area contributed by atoms with Crippen molar-refractivity contribution in [2.24, 2.45) is 0 Å². The van der Waals surface area contributed by atoms with Crippen LogP contribution in [0.5, 0.6) is 5.75 Å². The highest BCUT2D eigenvalue weighted by Gasteiger charge is 2.26. The first-order valence-corrected chi connectivity index (χ1v) is 6.70. The van der Waals surface area contributed by atoms with Crippen LogP contribution in [0.25, 0.3) is 0 Å². The molecule has 102 valence electrons. The Labute approximate surface area is 112 Å².